The lowest BCUT2D eigenvalue weighted by Gasteiger charge is -2.26. The standard InChI is InChI=1S/C21H28N4O2/c1-13(2)10-24(11-14(3)4)19(26)12-25-21(27)20-17(9-22-25)16-8-15(5)6-7-18(16)23-20/h6-9,13-14,23H,10-12H2,1-5H3. The van der Waals surface area contributed by atoms with Crippen LogP contribution in [-0.2, 0) is 11.3 Å². The molecule has 0 aliphatic rings. The van der Waals surface area contributed by atoms with Crippen LogP contribution in [0.4, 0.5) is 0 Å². The van der Waals surface area contributed by atoms with Crippen molar-refractivity contribution >= 4 is 27.7 Å². The van der Waals surface area contributed by atoms with Crippen molar-refractivity contribution in [1.29, 1.82) is 0 Å². The lowest BCUT2D eigenvalue weighted by atomic mass is 10.1. The third-order valence-electron chi connectivity index (χ3n) is 4.58. The Hall–Kier alpha value is -2.63. The molecule has 0 radical (unpaired) electrons. The molecule has 1 amide bonds. The molecular weight excluding hydrogens is 340 g/mol. The Morgan fingerprint density at radius 1 is 1.15 bits per heavy atom. The van der Waals surface area contributed by atoms with E-state index in [-0.39, 0.29) is 18.0 Å². The molecule has 27 heavy (non-hydrogen) atoms. The molecule has 0 spiro atoms. The van der Waals surface area contributed by atoms with E-state index in [4.69, 9.17) is 0 Å². The quantitative estimate of drug-likeness (QED) is 0.725. The van der Waals surface area contributed by atoms with Gasteiger partial charge in [0, 0.05) is 29.4 Å². The number of carbonyl (C=O) groups is 1. The first-order chi connectivity index (χ1) is 12.8. The summed E-state index contributed by atoms with van der Waals surface area (Å²) in [6.45, 7) is 11.7. The van der Waals surface area contributed by atoms with Crippen LogP contribution in [0.2, 0.25) is 0 Å². The van der Waals surface area contributed by atoms with Gasteiger partial charge in [0.1, 0.15) is 12.1 Å². The SMILES string of the molecule is Cc1ccc2[nH]c3c(=O)n(CC(=O)N(CC(C)C)CC(C)C)ncc3c2c1. The predicted molar refractivity (Wildman–Crippen MR) is 109 cm³/mol. The van der Waals surface area contributed by atoms with Gasteiger partial charge in [0.05, 0.1) is 6.20 Å². The Labute approximate surface area is 159 Å². The molecule has 0 fully saturated rings. The van der Waals surface area contributed by atoms with Gasteiger partial charge in [-0.3, -0.25) is 9.59 Å². The van der Waals surface area contributed by atoms with E-state index in [1.807, 2.05) is 30.0 Å². The van der Waals surface area contributed by atoms with Crippen molar-refractivity contribution in [2.24, 2.45) is 11.8 Å². The highest BCUT2D eigenvalue weighted by Gasteiger charge is 2.19. The van der Waals surface area contributed by atoms with Gasteiger partial charge in [-0.1, -0.05) is 39.3 Å². The van der Waals surface area contributed by atoms with E-state index in [9.17, 15) is 9.59 Å². The summed E-state index contributed by atoms with van der Waals surface area (Å²) in [5.41, 5.74) is 2.27. The minimum atomic E-state index is -0.260. The Bertz CT molecular complexity index is 1020. The number of aromatic amines is 1. The zero-order valence-corrected chi connectivity index (χ0v) is 16.7. The number of aryl methyl sites for hydroxylation is 1. The van der Waals surface area contributed by atoms with Crippen LogP contribution in [0.1, 0.15) is 33.3 Å². The molecule has 1 aromatic carbocycles. The van der Waals surface area contributed by atoms with Crippen LogP contribution < -0.4 is 5.56 Å². The zero-order chi connectivity index (χ0) is 19.7. The third-order valence-corrected chi connectivity index (χ3v) is 4.58. The number of nitrogens with one attached hydrogen (secondary N) is 1. The lowest BCUT2D eigenvalue weighted by molar-refractivity contribution is -0.133. The summed E-state index contributed by atoms with van der Waals surface area (Å²) in [5, 5.41) is 6.05. The summed E-state index contributed by atoms with van der Waals surface area (Å²) in [6, 6.07) is 6.01. The molecule has 0 aliphatic carbocycles. The van der Waals surface area contributed by atoms with Gasteiger partial charge in [0.15, 0.2) is 0 Å². The van der Waals surface area contributed by atoms with Crippen LogP contribution >= 0.6 is 0 Å². The highest BCUT2D eigenvalue weighted by atomic mass is 16.2. The van der Waals surface area contributed by atoms with Gasteiger partial charge >= 0.3 is 0 Å². The van der Waals surface area contributed by atoms with Crippen molar-refractivity contribution in [3.05, 3.63) is 40.3 Å². The Balaban J connectivity index is 1.94. The van der Waals surface area contributed by atoms with Gasteiger partial charge in [-0.25, -0.2) is 4.68 Å². The van der Waals surface area contributed by atoms with Crippen LogP contribution in [0.5, 0.6) is 0 Å². The second-order valence-corrected chi connectivity index (χ2v) is 8.16. The van der Waals surface area contributed by atoms with Gasteiger partial charge in [0.25, 0.3) is 5.56 Å². The van der Waals surface area contributed by atoms with E-state index in [2.05, 4.69) is 37.8 Å². The third kappa shape index (κ3) is 4.04. The summed E-state index contributed by atoms with van der Waals surface area (Å²) in [4.78, 5) is 30.7. The molecule has 0 bridgehead atoms. The van der Waals surface area contributed by atoms with Gasteiger partial charge < -0.3 is 9.88 Å². The van der Waals surface area contributed by atoms with Gasteiger partial charge in [-0.15, -0.1) is 0 Å². The first-order valence-corrected chi connectivity index (χ1v) is 9.52. The largest absolute Gasteiger partial charge is 0.350 e. The van der Waals surface area contributed by atoms with E-state index in [1.54, 1.807) is 6.20 Å². The lowest BCUT2D eigenvalue weighted by Crippen LogP contribution is -2.41. The smallest absolute Gasteiger partial charge is 0.291 e. The molecule has 0 saturated heterocycles. The summed E-state index contributed by atoms with van der Waals surface area (Å²) in [5.74, 6) is 0.673. The monoisotopic (exact) mass is 368 g/mol. The number of hydrogen-bond acceptors (Lipinski definition) is 3. The van der Waals surface area contributed by atoms with Crippen LogP contribution in [0.25, 0.3) is 21.8 Å². The number of carbonyl (C=O) groups excluding carboxylic acids is 1. The maximum absolute atomic E-state index is 12.9. The summed E-state index contributed by atoms with van der Waals surface area (Å²) in [7, 11) is 0. The summed E-state index contributed by atoms with van der Waals surface area (Å²) >= 11 is 0. The molecule has 144 valence electrons. The fourth-order valence-corrected chi connectivity index (χ4v) is 3.44. The number of benzene rings is 1. The Morgan fingerprint density at radius 3 is 2.44 bits per heavy atom. The van der Waals surface area contributed by atoms with Crippen molar-refractivity contribution in [1.82, 2.24) is 19.7 Å². The van der Waals surface area contributed by atoms with Gasteiger partial charge in [0.2, 0.25) is 5.91 Å². The topological polar surface area (TPSA) is 71.0 Å². The van der Waals surface area contributed by atoms with E-state index in [1.165, 1.54) is 4.68 Å². The number of H-pyrrole nitrogens is 1. The molecule has 1 N–H and O–H groups in total. The minimum Gasteiger partial charge on any atom is -0.350 e. The normalized spacial score (nSPS) is 11.8. The van der Waals surface area contributed by atoms with E-state index in [0.29, 0.717) is 30.4 Å². The number of fused-ring (bicyclic) bond motifs is 3. The number of aromatic nitrogens is 3. The molecule has 0 saturated carbocycles. The number of hydrogen-bond donors (Lipinski definition) is 1. The predicted octanol–water partition coefficient (Wildman–Crippen LogP) is 3.33. The number of nitrogens with zero attached hydrogens (tertiary/aromatic N) is 3. The number of rotatable bonds is 6. The number of amides is 1. The van der Waals surface area contributed by atoms with E-state index < -0.39 is 0 Å². The maximum Gasteiger partial charge on any atom is 0.291 e. The van der Waals surface area contributed by atoms with Crippen molar-refractivity contribution in [3.63, 3.8) is 0 Å². The van der Waals surface area contributed by atoms with E-state index >= 15 is 0 Å². The van der Waals surface area contributed by atoms with Crippen LogP contribution in [0, 0.1) is 18.8 Å². The highest BCUT2D eigenvalue weighted by Crippen LogP contribution is 2.23. The molecule has 2 heterocycles. The molecular formula is C21H28N4O2. The fraction of sp³-hybridized carbons (Fsp3) is 0.476. The summed E-state index contributed by atoms with van der Waals surface area (Å²) in [6.07, 6.45) is 1.68. The Kier molecular flexibility index (Phi) is 5.35. The second-order valence-electron chi connectivity index (χ2n) is 8.16. The van der Waals surface area contributed by atoms with Crippen molar-refractivity contribution in [2.45, 2.75) is 41.2 Å². The summed E-state index contributed by atoms with van der Waals surface area (Å²) < 4.78 is 1.26. The van der Waals surface area contributed by atoms with Gasteiger partial charge in [-0.2, -0.15) is 5.10 Å². The second kappa shape index (κ2) is 7.55. The maximum atomic E-state index is 12.9. The molecule has 2 aromatic heterocycles. The van der Waals surface area contributed by atoms with Crippen LogP contribution in [0.15, 0.2) is 29.2 Å². The van der Waals surface area contributed by atoms with Crippen LogP contribution in [-0.4, -0.2) is 38.7 Å². The first kappa shape index (κ1) is 19.1. The average molecular weight is 368 g/mol. The van der Waals surface area contributed by atoms with Crippen molar-refractivity contribution in [2.75, 3.05) is 13.1 Å². The molecule has 3 aromatic rings. The molecule has 0 atom stereocenters. The van der Waals surface area contributed by atoms with Crippen molar-refractivity contribution in [3.8, 4) is 0 Å². The van der Waals surface area contributed by atoms with E-state index in [0.717, 1.165) is 21.9 Å². The van der Waals surface area contributed by atoms with Gasteiger partial charge in [-0.05, 0) is 30.9 Å². The zero-order valence-electron chi connectivity index (χ0n) is 16.7. The molecule has 6 heteroatoms. The molecule has 0 unspecified atom stereocenters. The average Bonchev–Trinajstić information content (AvgIpc) is 2.94. The molecule has 0 aliphatic heterocycles. The highest BCUT2D eigenvalue weighted by molar-refractivity contribution is 6.06. The Morgan fingerprint density at radius 2 is 1.81 bits per heavy atom. The minimum absolute atomic E-state index is 0.0391. The van der Waals surface area contributed by atoms with Crippen molar-refractivity contribution < 1.29 is 4.79 Å². The molecule has 6 nitrogen and oxygen atoms in total. The molecule has 3 rings (SSSR count). The van der Waals surface area contributed by atoms with Crippen LogP contribution in [0.3, 0.4) is 0 Å². The first-order valence-electron chi connectivity index (χ1n) is 9.52. The fourth-order valence-electron chi connectivity index (χ4n) is 3.44.